The van der Waals surface area contributed by atoms with E-state index in [0.717, 1.165) is 16.9 Å². The van der Waals surface area contributed by atoms with E-state index in [1.807, 2.05) is 54.6 Å². The lowest BCUT2D eigenvalue weighted by Gasteiger charge is -2.20. The third-order valence-corrected chi connectivity index (χ3v) is 5.37. The molecule has 2 aromatic carbocycles. The van der Waals surface area contributed by atoms with Crippen LogP contribution in [-0.2, 0) is 6.54 Å². The molecule has 118 valence electrons. The van der Waals surface area contributed by atoms with Gasteiger partial charge in [0.1, 0.15) is 5.82 Å². The van der Waals surface area contributed by atoms with Gasteiger partial charge < -0.3 is 0 Å². The second kappa shape index (κ2) is 6.67. The number of aromatic nitrogens is 2. The highest BCUT2D eigenvalue weighted by atomic mass is 79.9. The molecule has 0 radical (unpaired) electrons. The Kier molecular flexibility index (Phi) is 4.62. The number of rotatable bonds is 4. The van der Waals surface area contributed by atoms with Crippen LogP contribution in [0, 0.1) is 5.92 Å². The quantitative estimate of drug-likeness (QED) is 0.632. The van der Waals surface area contributed by atoms with Crippen LogP contribution in [0.2, 0.25) is 0 Å². The van der Waals surface area contributed by atoms with E-state index in [1.165, 1.54) is 0 Å². The van der Waals surface area contributed by atoms with E-state index in [4.69, 9.17) is 4.98 Å². The maximum absolute atomic E-state index is 13.0. The second-order valence-electron chi connectivity index (χ2n) is 6.01. The molecular formula is C19H19BrN2O. The highest BCUT2D eigenvalue weighted by Crippen LogP contribution is 2.29. The lowest BCUT2D eigenvalue weighted by atomic mass is 10.1. The van der Waals surface area contributed by atoms with E-state index in [-0.39, 0.29) is 10.4 Å². The smallest absolute Gasteiger partial charge is 0.261 e. The van der Waals surface area contributed by atoms with E-state index in [0.29, 0.717) is 17.8 Å². The molecule has 0 saturated carbocycles. The Morgan fingerprint density at radius 2 is 1.70 bits per heavy atom. The Labute approximate surface area is 144 Å². The van der Waals surface area contributed by atoms with E-state index >= 15 is 0 Å². The van der Waals surface area contributed by atoms with Crippen molar-refractivity contribution in [3.63, 3.8) is 0 Å². The summed E-state index contributed by atoms with van der Waals surface area (Å²) in [5, 5.41) is 0.663. The largest absolute Gasteiger partial charge is 0.291 e. The summed E-state index contributed by atoms with van der Waals surface area (Å²) in [6.45, 7) is 4.77. The first-order valence-corrected chi connectivity index (χ1v) is 8.67. The van der Waals surface area contributed by atoms with Gasteiger partial charge in [-0.15, -0.1) is 0 Å². The minimum absolute atomic E-state index is 0.0135. The van der Waals surface area contributed by atoms with Crippen molar-refractivity contribution in [2.75, 3.05) is 0 Å². The summed E-state index contributed by atoms with van der Waals surface area (Å²) in [5.41, 5.74) is 1.86. The molecule has 0 bridgehead atoms. The van der Waals surface area contributed by atoms with Gasteiger partial charge in [0, 0.05) is 0 Å². The maximum atomic E-state index is 13.0. The third-order valence-electron chi connectivity index (χ3n) is 3.91. The number of fused-ring (bicyclic) bond motifs is 1. The summed E-state index contributed by atoms with van der Waals surface area (Å²) >= 11 is 3.71. The molecule has 0 amide bonds. The van der Waals surface area contributed by atoms with Crippen molar-refractivity contribution in [1.82, 2.24) is 9.55 Å². The molecule has 3 aromatic rings. The minimum atomic E-state index is 0.0135. The Morgan fingerprint density at radius 3 is 2.39 bits per heavy atom. The molecule has 0 N–H and O–H groups in total. The van der Waals surface area contributed by atoms with Crippen LogP contribution in [0.5, 0.6) is 0 Å². The van der Waals surface area contributed by atoms with Crippen LogP contribution in [0.3, 0.4) is 0 Å². The van der Waals surface area contributed by atoms with Gasteiger partial charge in [0.05, 0.1) is 22.3 Å². The topological polar surface area (TPSA) is 34.9 Å². The van der Waals surface area contributed by atoms with Crippen LogP contribution in [0.15, 0.2) is 59.4 Å². The van der Waals surface area contributed by atoms with Gasteiger partial charge in [-0.25, -0.2) is 4.98 Å². The van der Waals surface area contributed by atoms with Gasteiger partial charge in [0.25, 0.3) is 5.56 Å². The minimum Gasteiger partial charge on any atom is -0.291 e. The van der Waals surface area contributed by atoms with Gasteiger partial charge >= 0.3 is 0 Å². The van der Waals surface area contributed by atoms with Crippen LogP contribution in [0.1, 0.15) is 30.1 Å². The summed E-state index contributed by atoms with van der Waals surface area (Å²) in [6.07, 6.45) is 0. The van der Waals surface area contributed by atoms with Gasteiger partial charge in [-0.2, -0.15) is 0 Å². The van der Waals surface area contributed by atoms with Crippen molar-refractivity contribution in [3.8, 4) is 0 Å². The first-order chi connectivity index (χ1) is 11.1. The van der Waals surface area contributed by atoms with Crippen LogP contribution >= 0.6 is 15.9 Å². The predicted molar refractivity (Wildman–Crippen MR) is 98.1 cm³/mol. The average Bonchev–Trinajstić information content (AvgIpc) is 2.57. The fraction of sp³-hybridized carbons (Fsp3) is 0.263. The zero-order valence-corrected chi connectivity index (χ0v) is 14.8. The van der Waals surface area contributed by atoms with Crippen molar-refractivity contribution in [1.29, 1.82) is 0 Å². The Hall–Kier alpha value is -1.94. The monoisotopic (exact) mass is 370 g/mol. The molecule has 0 aliphatic carbocycles. The van der Waals surface area contributed by atoms with E-state index in [1.54, 1.807) is 4.57 Å². The summed E-state index contributed by atoms with van der Waals surface area (Å²) < 4.78 is 1.79. The Morgan fingerprint density at radius 1 is 1.04 bits per heavy atom. The Bertz CT molecular complexity index is 871. The van der Waals surface area contributed by atoms with E-state index < -0.39 is 0 Å². The standard InChI is InChI=1S/C19H19BrN2O/c1-13(2)17(20)18-21-16-11-7-6-10-15(16)19(23)22(18)12-14-8-4-3-5-9-14/h3-11,13,17H,12H2,1-2H3. The lowest BCUT2D eigenvalue weighted by molar-refractivity contribution is 0.569. The maximum Gasteiger partial charge on any atom is 0.261 e. The van der Waals surface area contributed by atoms with Crippen LogP contribution in [0.25, 0.3) is 10.9 Å². The SMILES string of the molecule is CC(C)C(Br)c1nc2ccccc2c(=O)n1Cc1ccccc1. The van der Waals surface area contributed by atoms with Crippen molar-refractivity contribution in [2.45, 2.75) is 25.2 Å². The number of para-hydroxylation sites is 1. The number of halogens is 1. The zero-order chi connectivity index (χ0) is 16.4. The number of benzene rings is 2. The lowest BCUT2D eigenvalue weighted by Crippen LogP contribution is -2.27. The second-order valence-corrected chi connectivity index (χ2v) is 7.00. The third kappa shape index (κ3) is 3.22. The molecule has 1 aromatic heterocycles. The molecule has 0 aliphatic rings. The fourth-order valence-corrected chi connectivity index (χ4v) is 2.96. The summed E-state index contributed by atoms with van der Waals surface area (Å²) in [6, 6.07) is 17.6. The van der Waals surface area contributed by atoms with Gasteiger partial charge in [-0.3, -0.25) is 9.36 Å². The Balaban J connectivity index is 2.22. The highest BCUT2D eigenvalue weighted by Gasteiger charge is 2.20. The van der Waals surface area contributed by atoms with Crippen LogP contribution < -0.4 is 5.56 Å². The molecule has 3 nitrogen and oxygen atoms in total. The molecule has 1 unspecified atom stereocenters. The molecule has 0 fully saturated rings. The first kappa shape index (κ1) is 15.9. The fourth-order valence-electron chi connectivity index (χ4n) is 2.61. The molecule has 1 atom stereocenters. The van der Waals surface area contributed by atoms with E-state index in [9.17, 15) is 4.79 Å². The van der Waals surface area contributed by atoms with Gasteiger partial charge in [-0.1, -0.05) is 72.2 Å². The first-order valence-electron chi connectivity index (χ1n) is 7.75. The summed E-state index contributed by atoms with van der Waals surface area (Å²) in [7, 11) is 0. The molecule has 4 heteroatoms. The number of alkyl halides is 1. The molecule has 3 rings (SSSR count). The predicted octanol–water partition coefficient (Wildman–Crippen LogP) is 4.54. The average molecular weight is 371 g/mol. The van der Waals surface area contributed by atoms with E-state index in [2.05, 4.69) is 29.8 Å². The highest BCUT2D eigenvalue weighted by molar-refractivity contribution is 9.09. The molecule has 0 saturated heterocycles. The van der Waals surface area contributed by atoms with Gasteiger partial charge in [0.2, 0.25) is 0 Å². The summed E-state index contributed by atoms with van der Waals surface area (Å²) in [4.78, 5) is 17.8. The summed E-state index contributed by atoms with van der Waals surface area (Å²) in [5.74, 6) is 1.12. The molecule has 0 spiro atoms. The van der Waals surface area contributed by atoms with Crippen molar-refractivity contribution < 1.29 is 0 Å². The van der Waals surface area contributed by atoms with Crippen LogP contribution in [0.4, 0.5) is 0 Å². The molecule has 0 aliphatic heterocycles. The van der Waals surface area contributed by atoms with Crippen molar-refractivity contribution >= 4 is 26.8 Å². The van der Waals surface area contributed by atoms with Gasteiger partial charge in [0.15, 0.2) is 0 Å². The number of nitrogens with zero attached hydrogens (tertiary/aromatic N) is 2. The van der Waals surface area contributed by atoms with Gasteiger partial charge in [-0.05, 0) is 23.6 Å². The van der Waals surface area contributed by atoms with Crippen molar-refractivity contribution in [2.24, 2.45) is 5.92 Å². The number of hydrogen-bond acceptors (Lipinski definition) is 2. The van der Waals surface area contributed by atoms with Crippen molar-refractivity contribution in [3.05, 3.63) is 76.3 Å². The molecule has 23 heavy (non-hydrogen) atoms. The number of hydrogen-bond donors (Lipinski definition) is 0. The van der Waals surface area contributed by atoms with Crippen LogP contribution in [-0.4, -0.2) is 9.55 Å². The zero-order valence-electron chi connectivity index (χ0n) is 13.2. The molecular weight excluding hydrogens is 352 g/mol. The normalized spacial score (nSPS) is 12.7. The molecule has 1 heterocycles.